The van der Waals surface area contributed by atoms with Gasteiger partial charge in [-0.3, -0.25) is 4.79 Å². The van der Waals surface area contributed by atoms with E-state index in [2.05, 4.69) is 22.5 Å². The van der Waals surface area contributed by atoms with Crippen LogP contribution in [0.3, 0.4) is 0 Å². The highest BCUT2D eigenvalue weighted by molar-refractivity contribution is 7.11. The van der Waals surface area contributed by atoms with Gasteiger partial charge in [0.1, 0.15) is 4.88 Å². The maximum atomic E-state index is 11.6. The van der Waals surface area contributed by atoms with Crippen molar-refractivity contribution in [2.45, 2.75) is 20.3 Å². The summed E-state index contributed by atoms with van der Waals surface area (Å²) in [5, 5.41) is 6.08. The Bertz CT molecular complexity index is 311. The number of hydrogen-bond acceptors (Lipinski definition) is 4. The van der Waals surface area contributed by atoms with Gasteiger partial charge in [-0.1, -0.05) is 6.92 Å². The van der Waals surface area contributed by atoms with Gasteiger partial charge in [0, 0.05) is 6.54 Å². The van der Waals surface area contributed by atoms with E-state index in [0.717, 1.165) is 30.1 Å². The Morgan fingerprint density at radius 2 is 2.33 bits per heavy atom. The van der Waals surface area contributed by atoms with Crippen LogP contribution in [-0.2, 0) is 0 Å². The van der Waals surface area contributed by atoms with Crippen molar-refractivity contribution in [3.05, 3.63) is 16.1 Å². The van der Waals surface area contributed by atoms with E-state index in [1.165, 1.54) is 11.3 Å². The fourth-order valence-corrected chi connectivity index (χ4v) is 1.91. The first kappa shape index (κ1) is 12.1. The Balaban J connectivity index is 2.22. The molecule has 15 heavy (non-hydrogen) atoms. The SMILES string of the molecule is CCNCCCNC(=O)c1scnc1C. The molecule has 1 heterocycles. The lowest BCUT2D eigenvalue weighted by atomic mass is 10.3. The van der Waals surface area contributed by atoms with E-state index in [4.69, 9.17) is 0 Å². The van der Waals surface area contributed by atoms with Gasteiger partial charge in [0.05, 0.1) is 11.2 Å². The molecule has 5 heteroatoms. The normalized spacial score (nSPS) is 10.3. The fraction of sp³-hybridized carbons (Fsp3) is 0.600. The zero-order valence-electron chi connectivity index (χ0n) is 9.17. The number of thiazole rings is 1. The highest BCUT2D eigenvalue weighted by atomic mass is 32.1. The number of carbonyl (C=O) groups is 1. The number of nitrogens with zero attached hydrogens (tertiary/aromatic N) is 1. The molecule has 0 aliphatic heterocycles. The second kappa shape index (κ2) is 6.53. The summed E-state index contributed by atoms with van der Waals surface area (Å²) in [6.45, 7) is 6.55. The predicted octanol–water partition coefficient (Wildman–Crippen LogP) is 1.18. The van der Waals surface area contributed by atoms with Crippen LogP contribution in [0, 0.1) is 6.92 Å². The van der Waals surface area contributed by atoms with Crippen molar-refractivity contribution in [3.63, 3.8) is 0 Å². The molecule has 1 aromatic rings. The predicted molar refractivity (Wildman–Crippen MR) is 62.3 cm³/mol. The third-order valence-corrected chi connectivity index (χ3v) is 2.94. The number of aromatic nitrogens is 1. The lowest BCUT2D eigenvalue weighted by molar-refractivity contribution is 0.0956. The van der Waals surface area contributed by atoms with Crippen molar-refractivity contribution in [3.8, 4) is 0 Å². The molecule has 1 amide bonds. The second-order valence-electron chi connectivity index (χ2n) is 3.23. The highest BCUT2D eigenvalue weighted by Crippen LogP contribution is 2.11. The highest BCUT2D eigenvalue weighted by Gasteiger charge is 2.09. The molecule has 1 rings (SSSR count). The van der Waals surface area contributed by atoms with Crippen LogP contribution in [0.15, 0.2) is 5.51 Å². The van der Waals surface area contributed by atoms with Crippen LogP contribution in [0.5, 0.6) is 0 Å². The molecular weight excluding hydrogens is 210 g/mol. The minimum Gasteiger partial charge on any atom is -0.351 e. The van der Waals surface area contributed by atoms with Crippen LogP contribution in [0.1, 0.15) is 28.7 Å². The van der Waals surface area contributed by atoms with Gasteiger partial charge in [-0.05, 0) is 26.4 Å². The summed E-state index contributed by atoms with van der Waals surface area (Å²) < 4.78 is 0. The maximum Gasteiger partial charge on any atom is 0.263 e. The molecule has 4 nitrogen and oxygen atoms in total. The maximum absolute atomic E-state index is 11.6. The summed E-state index contributed by atoms with van der Waals surface area (Å²) in [5.74, 6) is -0.00787. The molecule has 0 saturated heterocycles. The molecule has 0 bridgehead atoms. The van der Waals surface area contributed by atoms with Crippen molar-refractivity contribution < 1.29 is 4.79 Å². The van der Waals surface area contributed by atoms with Gasteiger partial charge in [0.2, 0.25) is 0 Å². The molecular formula is C10H17N3OS. The van der Waals surface area contributed by atoms with E-state index < -0.39 is 0 Å². The van der Waals surface area contributed by atoms with Crippen LogP contribution in [-0.4, -0.2) is 30.5 Å². The van der Waals surface area contributed by atoms with E-state index in [0.29, 0.717) is 6.54 Å². The van der Waals surface area contributed by atoms with Gasteiger partial charge < -0.3 is 10.6 Å². The Morgan fingerprint density at radius 3 is 2.93 bits per heavy atom. The molecule has 84 valence electrons. The molecule has 0 unspecified atom stereocenters. The van der Waals surface area contributed by atoms with Crippen molar-refractivity contribution >= 4 is 17.2 Å². The quantitative estimate of drug-likeness (QED) is 0.718. The number of nitrogens with one attached hydrogen (secondary N) is 2. The standard InChI is InChI=1S/C10H17N3OS/c1-3-11-5-4-6-12-10(14)9-8(2)13-7-15-9/h7,11H,3-6H2,1-2H3,(H,12,14). The molecule has 2 N–H and O–H groups in total. The molecule has 1 aromatic heterocycles. The lowest BCUT2D eigenvalue weighted by Gasteiger charge is -2.04. The second-order valence-corrected chi connectivity index (χ2v) is 4.08. The largest absolute Gasteiger partial charge is 0.351 e. The first-order valence-electron chi connectivity index (χ1n) is 5.14. The molecule has 0 aromatic carbocycles. The summed E-state index contributed by atoms with van der Waals surface area (Å²) in [6, 6.07) is 0. The Labute approximate surface area is 94.1 Å². The number of amides is 1. The van der Waals surface area contributed by atoms with E-state index in [1.807, 2.05) is 6.92 Å². The zero-order chi connectivity index (χ0) is 11.1. The van der Waals surface area contributed by atoms with Gasteiger partial charge in [-0.2, -0.15) is 0 Å². The van der Waals surface area contributed by atoms with Gasteiger partial charge in [0.25, 0.3) is 5.91 Å². The number of aryl methyl sites for hydroxylation is 1. The number of carbonyl (C=O) groups excluding carboxylic acids is 1. The molecule has 0 aliphatic carbocycles. The van der Waals surface area contributed by atoms with Crippen LogP contribution in [0.25, 0.3) is 0 Å². The van der Waals surface area contributed by atoms with Crippen molar-refractivity contribution in [2.75, 3.05) is 19.6 Å². The van der Waals surface area contributed by atoms with E-state index in [1.54, 1.807) is 5.51 Å². The summed E-state index contributed by atoms with van der Waals surface area (Å²) in [4.78, 5) is 16.4. The van der Waals surface area contributed by atoms with Crippen LogP contribution in [0.4, 0.5) is 0 Å². The zero-order valence-corrected chi connectivity index (χ0v) is 9.99. The summed E-state index contributed by atoms with van der Waals surface area (Å²) in [6.07, 6.45) is 0.956. The molecule has 0 radical (unpaired) electrons. The Kier molecular flexibility index (Phi) is 5.28. The van der Waals surface area contributed by atoms with Crippen LogP contribution < -0.4 is 10.6 Å². The van der Waals surface area contributed by atoms with Gasteiger partial charge in [-0.25, -0.2) is 4.98 Å². The number of rotatable bonds is 6. The Morgan fingerprint density at radius 1 is 1.53 bits per heavy atom. The first-order chi connectivity index (χ1) is 7.25. The fourth-order valence-electron chi connectivity index (χ4n) is 1.19. The first-order valence-corrected chi connectivity index (χ1v) is 6.02. The van der Waals surface area contributed by atoms with Crippen molar-refractivity contribution in [1.29, 1.82) is 0 Å². The van der Waals surface area contributed by atoms with Crippen LogP contribution >= 0.6 is 11.3 Å². The Hall–Kier alpha value is -0.940. The molecule has 0 spiro atoms. The minimum atomic E-state index is -0.00787. The molecule has 0 saturated carbocycles. The average Bonchev–Trinajstić information content (AvgIpc) is 2.64. The van der Waals surface area contributed by atoms with Gasteiger partial charge in [-0.15, -0.1) is 11.3 Å². The summed E-state index contributed by atoms with van der Waals surface area (Å²) in [5.41, 5.74) is 2.51. The number of hydrogen-bond donors (Lipinski definition) is 2. The molecule has 0 atom stereocenters. The van der Waals surface area contributed by atoms with E-state index >= 15 is 0 Å². The van der Waals surface area contributed by atoms with Gasteiger partial charge >= 0.3 is 0 Å². The van der Waals surface area contributed by atoms with Gasteiger partial charge in [0.15, 0.2) is 0 Å². The van der Waals surface area contributed by atoms with Crippen molar-refractivity contribution in [1.82, 2.24) is 15.6 Å². The van der Waals surface area contributed by atoms with Crippen molar-refractivity contribution in [2.24, 2.45) is 0 Å². The minimum absolute atomic E-state index is 0.00787. The third kappa shape index (κ3) is 3.97. The topological polar surface area (TPSA) is 54.0 Å². The lowest BCUT2D eigenvalue weighted by Crippen LogP contribution is -2.27. The average molecular weight is 227 g/mol. The monoisotopic (exact) mass is 227 g/mol. The van der Waals surface area contributed by atoms with E-state index in [-0.39, 0.29) is 5.91 Å². The third-order valence-electron chi connectivity index (χ3n) is 2.02. The summed E-state index contributed by atoms with van der Waals surface area (Å²) in [7, 11) is 0. The summed E-state index contributed by atoms with van der Waals surface area (Å²) >= 11 is 1.39. The van der Waals surface area contributed by atoms with Crippen LogP contribution in [0.2, 0.25) is 0 Å². The van der Waals surface area contributed by atoms with E-state index in [9.17, 15) is 4.79 Å². The molecule has 0 aliphatic rings. The molecule has 0 fully saturated rings. The smallest absolute Gasteiger partial charge is 0.263 e.